The molecule has 1 fully saturated rings. The predicted octanol–water partition coefficient (Wildman–Crippen LogP) is 7.36. The van der Waals surface area contributed by atoms with Gasteiger partial charge in [0.25, 0.3) is 0 Å². The van der Waals surface area contributed by atoms with Gasteiger partial charge in [-0.25, -0.2) is 0 Å². The highest BCUT2D eigenvalue weighted by atomic mass is 19.4. The molecule has 0 aromatic heterocycles. The SMILES string of the molecule is C[N+]1(C(F)(F)C(F)(F)C(F)(F)C(F)(F)C(F)(F)C(F)(F)C(F)(F)CCCC(F)(F)F)CCCC1. The van der Waals surface area contributed by atoms with Crippen LogP contribution in [0.25, 0.3) is 0 Å². The monoisotopic (exact) mass is 546 g/mol. The number of alkyl halides is 17. The fraction of sp³-hybridized carbons (Fsp3) is 1.00. The lowest BCUT2D eigenvalue weighted by molar-refractivity contribution is -0.997. The lowest BCUT2D eigenvalue weighted by Crippen LogP contribution is -2.76. The summed E-state index contributed by atoms with van der Waals surface area (Å²) in [5, 5.41) is 0. The van der Waals surface area contributed by atoms with Gasteiger partial charge in [0, 0.05) is 25.7 Å². The highest BCUT2D eigenvalue weighted by Crippen LogP contribution is 2.63. The molecule has 0 bridgehead atoms. The average Bonchev–Trinajstić information content (AvgIpc) is 3.07. The molecule has 0 aromatic carbocycles. The van der Waals surface area contributed by atoms with Crippen molar-refractivity contribution in [1.82, 2.24) is 0 Å². The Bertz CT molecular complexity index is 718. The van der Waals surface area contributed by atoms with Gasteiger partial charge in [0.1, 0.15) is 0 Å². The quantitative estimate of drug-likeness (QED) is 0.153. The summed E-state index contributed by atoms with van der Waals surface area (Å²) >= 11 is 0. The first-order valence-corrected chi connectivity index (χ1v) is 9.22. The Labute approximate surface area is 180 Å². The maximum absolute atomic E-state index is 14.2. The van der Waals surface area contributed by atoms with Crippen LogP contribution >= 0.6 is 0 Å². The molecular weight excluding hydrogens is 529 g/mol. The maximum atomic E-state index is 14.2. The van der Waals surface area contributed by atoms with Gasteiger partial charge < -0.3 is 0 Å². The molecule has 1 rings (SSSR count). The summed E-state index contributed by atoms with van der Waals surface area (Å²) in [6, 6.07) is -6.25. The molecule has 0 aliphatic carbocycles. The van der Waals surface area contributed by atoms with Gasteiger partial charge in [-0.1, -0.05) is 0 Å². The Morgan fingerprint density at radius 2 is 0.853 bits per heavy atom. The standard InChI is InChI=1S/C16H17F17N/c1-34(7-2-3-8-34)16(32,33)15(30,31)14(28,29)13(26,27)12(24,25)11(22,23)9(17,18)5-4-6-10(19,20)21/h2-8H2,1H3/q+1. The number of rotatable bonds is 10. The second-order valence-corrected chi connectivity index (χ2v) is 8.14. The third kappa shape index (κ3) is 4.40. The van der Waals surface area contributed by atoms with E-state index in [2.05, 4.69) is 0 Å². The fourth-order valence-electron chi connectivity index (χ4n) is 3.33. The van der Waals surface area contributed by atoms with Crippen molar-refractivity contribution in [2.24, 2.45) is 0 Å². The number of hydrogen-bond acceptors (Lipinski definition) is 0. The van der Waals surface area contributed by atoms with Crippen molar-refractivity contribution in [1.29, 1.82) is 0 Å². The molecule has 1 aliphatic heterocycles. The van der Waals surface area contributed by atoms with Gasteiger partial charge in [0.15, 0.2) is 0 Å². The second-order valence-electron chi connectivity index (χ2n) is 8.14. The molecule has 0 aromatic rings. The van der Waals surface area contributed by atoms with Crippen molar-refractivity contribution in [2.45, 2.75) is 79.9 Å². The van der Waals surface area contributed by atoms with Gasteiger partial charge in [0.2, 0.25) is 0 Å². The van der Waals surface area contributed by atoms with E-state index in [-0.39, 0.29) is 19.9 Å². The van der Waals surface area contributed by atoms with Crippen molar-refractivity contribution in [3.05, 3.63) is 0 Å². The molecule has 1 heterocycles. The lowest BCUT2D eigenvalue weighted by Gasteiger charge is -2.45. The molecule has 1 nitrogen and oxygen atoms in total. The Hall–Kier alpha value is -1.23. The third-order valence-electron chi connectivity index (χ3n) is 5.60. The first-order valence-electron chi connectivity index (χ1n) is 9.22. The molecule has 0 radical (unpaired) electrons. The van der Waals surface area contributed by atoms with Crippen molar-refractivity contribution < 1.29 is 79.1 Å². The lowest BCUT2D eigenvalue weighted by atomic mass is 9.88. The number of hydrogen-bond donors (Lipinski definition) is 0. The first kappa shape index (κ1) is 30.8. The molecule has 1 saturated heterocycles. The van der Waals surface area contributed by atoms with E-state index in [1.165, 1.54) is 0 Å². The number of halogens is 17. The Kier molecular flexibility index (Phi) is 7.63. The minimum Gasteiger partial charge on any atom is -0.260 e. The number of quaternary nitrogens is 1. The highest BCUT2D eigenvalue weighted by Gasteiger charge is 2.95. The molecule has 1 aliphatic rings. The van der Waals surface area contributed by atoms with Gasteiger partial charge in [-0.2, -0.15) is 65.9 Å². The van der Waals surface area contributed by atoms with Crippen LogP contribution in [0.2, 0.25) is 0 Å². The van der Waals surface area contributed by atoms with Crippen molar-refractivity contribution in [3.8, 4) is 0 Å². The highest BCUT2D eigenvalue weighted by molar-refractivity contribution is 5.13. The fourth-order valence-corrected chi connectivity index (χ4v) is 3.33. The van der Waals surface area contributed by atoms with E-state index >= 15 is 0 Å². The van der Waals surface area contributed by atoms with Gasteiger partial charge >= 0.3 is 47.8 Å². The van der Waals surface area contributed by atoms with Gasteiger partial charge in [0.05, 0.1) is 20.1 Å². The first-order chi connectivity index (χ1) is 14.7. The zero-order valence-corrected chi connectivity index (χ0v) is 16.8. The molecule has 204 valence electrons. The summed E-state index contributed by atoms with van der Waals surface area (Å²) in [5.41, 5.74) is 0. The van der Waals surface area contributed by atoms with Crippen LogP contribution in [0.1, 0.15) is 32.1 Å². The summed E-state index contributed by atoms with van der Waals surface area (Å²) in [4.78, 5) is 0. The molecule has 0 amide bonds. The molecule has 0 N–H and O–H groups in total. The van der Waals surface area contributed by atoms with Crippen molar-refractivity contribution in [3.63, 3.8) is 0 Å². The van der Waals surface area contributed by atoms with Crippen LogP contribution in [-0.4, -0.2) is 72.4 Å². The van der Waals surface area contributed by atoms with E-state index in [1.807, 2.05) is 0 Å². The van der Waals surface area contributed by atoms with Crippen molar-refractivity contribution >= 4 is 0 Å². The summed E-state index contributed by atoms with van der Waals surface area (Å²) in [7, 11) is 0.177. The third-order valence-corrected chi connectivity index (χ3v) is 5.60. The molecule has 0 unspecified atom stereocenters. The van der Waals surface area contributed by atoms with E-state index in [9.17, 15) is 74.6 Å². The summed E-state index contributed by atoms with van der Waals surface area (Å²) in [5.74, 6) is -46.0. The summed E-state index contributed by atoms with van der Waals surface area (Å²) < 4.78 is 227. The topological polar surface area (TPSA) is 0 Å². The van der Waals surface area contributed by atoms with E-state index in [0.717, 1.165) is 0 Å². The molecule has 0 atom stereocenters. The van der Waals surface area contributed by atoms with E-state index < -0.39 is 84.6 Å². The summed E-state index contributed by atoms with van der Waals surface area (Å²) in [6.45, 7) is -2.07. The largest absolute Gasteiger partial charge is 0.461 e. The minimum absolute atomic E-state index is 0.177. The van der Waals surface area contributed by atoms with Crippen LogP contribution in [0.3, 0.4) is 0 Å². The van der Waals surface area contributed by atoms with E-state index in [1.54, 1.807) is 0 Å². The average molecular weight is 546 g/mol. The summed E-state index contributed by atoms with van der Waals surface area (Å²) in [6.07, 6.45) is -13.2. The Morgan fingerprint density at radius 1 is 0.500 bits per heavy atom. The molecule has 0 spiro atoms. The van der Waals surface area contributed by atoms with E-state index in [0.29, 0.717) is 0 Å². The van der Waals surface area contributed by atoms with Gasteiger partial charge in [-0.05, 0) is 6.42 Å². The van der Waals surface area contributed by atoms with Crippen LogP contribution in [0, 0.1) is 0 Å². The van der Waals surface area contributed by atoms with Crippen LogP contribution < -0.4 is 0 Å². The van der Waals surface area contributed by atoms with Crippen LogP contribution in [-0.2, 0) is 0 Å². The second kappa shape index (κ2) is 8.42. The van der Waals surface area contributed by atoms with Crippen LogP contribution in [0.4, 0.5) is 74.6 Å². The van der Waals surface area contributed by atoms with Crippen LogP contribution in [0.5, 0.6) is 0 Å². The van der Waals surface area contributed by atoms with E-state index in [4.69, 9.17) is 0 Å². The molecule has 18 heteroatoms. The van der Waals surface area contributed by atoms with Gasteiger partial charge in [-0.15, -0.1) is 8.78 Å². The molecule has 34 heavy (non-hydrogen) atoms. The Balaban J connectivity index is 3.44. The minimum atomic E-state index is -8.22. The zero-order chi connectivity index (χ0) is 27.4. The van der Waals surface area contributed by atoms with Crippen LogP contribution in [0.15, 0.2) is 0 Å². The normalized spacial score (nSPS) is 19.6. The number of nitrogens with zero attached hydrogens (tertiary/aromatic N) is 1. The predicted molar refractivity (Wildman–Crippen MR) is 79.7 cm³/mol. The molecule has 0 saturated carbocycles. The zero-order valence-electron chi connectivity index (χ0n) is 16.8. The number of likely N-dealkylation sites (tertiary alicyclic amines) is 1. The van der Waals surface area contributed by atoms with Gasteiger partial charge in [-0.3, -0.25) is 4.48 Å². The van der Waals surface area contributed by atoms with Crippen molar-refractivity contribution in [2.75, 3.05) is 20.1 Å². The molecular formula is C16H17F17N+. The maximum Gasteiger partial charge on any atom is 0.461 e. The Morgan fingerprint density at radius 3 is 1.24 bits per heavy atom. The smallest absolute Gasteiger partial charge is 0.260 e.